The summed E-state index contributed by atoms with van der Waals surface area (Å²) in [6, 6.07) is 0. The van der Waals surface area contributed by atoms with Crippen molar-refractivity contribution in [2.24, 2.45) is 0 Å². The molecule has 0 radical (unpaired) electrons. The van der Waals surface area contributed by atoms with Gasteiger partial charge in [0.15, 0.2) is 6.10 Å². The van der Waals surface area contributed by atoms with Gasteiger partial charge in [0.25, 0.3) is 0 Å². The molecule has 0 aliphatic heterocycles. The van der Waals surface area contributed by atoms with Gasteiger partial charge in [-0.15, -0.1) is 0 Å². The molecule has 0 aromatic rings. The van der Waals surface area contributed by atoms with Gasteiger partial charge >= 0.3 is 17.9 Å². The number of carbonyl (C=O) groups excluding carboxylic acids is 3. The lowest BCUT2D eigenvalue weighted by Gasteiger charge is -2.18. The van der Waals surface area contributed by atoms with Crippen LogP contribution in [0.5, 0.6) is 0 Å². The van der Waals surface area contributed by atoms with Crippen LogP contribution >= 0.6 is 0 Å². The summed E-state index contributed by atoms with van der Waals surface area (Å²) >= 11 is 0. The summed E-state index contributed by atoms with van der Waals surface area (Å²) in [7, 11) is 0. The average molecular weight is 1030 g/mol. The number of hydrogen-bond acceptors (Lipinski definition) is 6. The molecular formula is C67H126O6. The number of carbonyl (C=O) groups is 3. The normalized spacial score (nSPS) is 12.1. The summed E-state index contributed by atoms with van der Waals surface area (Å²) in [4.78, 5) is 37.9. The predicted molar refractivity (Wildman–Crippen MR) is 316 cm³/mol. The first-order valence-corrected chi connectivity index (χ1v) is 32.8. The Kier molecular flexibility index (Phi) is 60.6. The van der Waals surface area contributed by atoms with E-state index in [2.05, 4.69) is 45.1 Å². The fraction of sp³-hybridized carbons (Fsp3) is 0.896. The molecule has 0 fully saturated rings. The molecular weight excluding hydrogens is 901 g/mol. The highest BCUT2D eigenvalue weighted by molar-refractivity contribution is 5.71. The Bertz CT molecular complexity index is 1180. The molecule has 0 spiro atoms. The number of allylic oxidation sites excluding steroid dienone is 4. The minimum absolute atomic E-state index is 0.0727. The molecule has 0 bridgehead atoms. The van der Waals surface area contributed by atoms with Gasteiger partial charge in [-0.25, -0.2) is 0 Å². The third-order valence-electron chi connectivity index (χ3n) is 15.0. The van der Waals surface area contributed by atoms with Gasteiger partial charge in [0, 0.05) is 19.3 Å². The molecule has 0 saturated carbocycles. The van der Waals surface area contributed by atoms with Gasteiger partial charge in [0.2, 0.25) is 0 Å². The van der Waals surface area contributed by atoms with Crippen molar-refractivity contribution in [3.8, 4) is 0 Å². The van der Waals surface area contributed by atoms with E-state index in [4.69, 9.17) is 14.2 Å². The van der Waals surface area contributed by atoms with E-state index in [1.807, 2.05) is 0 Å². The van der Waals surface area contributed by atoms with E-state index in [-0.39, 0.29) is 31.1 Å². The Hall–Kier alpha value is -2.11. The molecule has 0 amide bonds. The van der Waals surface area contributed by atoms with E-state index in [9.17, 15) is 14.4 Å². The van der Waals surface area contributed by atoms with Crippen LogP contribution < -0.4 is 0 Å². The fourth-order valence-electron chi connectivity index (χ4n) is 10.0. The molecule has 0 aliphatic rings. The SMILES string of the molecule is CCCCC/C=C\C/C=C\CCCCCCCC(=O)OC(COC(=O)CCCCCCCC)COC(=O)CCCCCCCCCCCCCCCCCCCCCCCCCCCCCCCCCCCC. The molecule has 0 aliphatic carbocycles. The Labute approximate surface area is 455 Å². The first-order chi connectivity index (χ1) is 36.0. The van der Waals surface area contributed by atoms with Crippen LogP contribution in [-0.2, 0) is 28.6 Å². The molecule has 0 rings (SSSR count). The van der Waals surface area contributed by atoms with Crippen molar-refractivity contribution in [2.75, 3.05) is 13.2 Å². The molecule has 6 nitrogen and oxygen atoms in total. The summed E-state index contributed by atoms with van der Waals surface area (Å²) in [5.74, 6) is -0.877. The third-order valence-corrected chi connectivity index (χ3v) is 15.0. The van der Waals surface area contributed by atoms with Gasteiger partial charge in [-0.1, -0.05) is 321 Å². The second-order valence-corrected chi connectivity index (χ2v) is 22.4. The highest BCUT2D eigenvalue weighted by Crippen LogP contribution is 2.18. The van der Waals surface area contributed by atoms with Crippen LogP contribution in [0.3, 0.4) is 0 Å². The van der Waals surface area contributed by atoms with E-state index >= 15 is 0 Å². The van der Waals surface area contributed by atoms with E-state index < -0.39 is 6.10 Å². The van der Waals surface area contributed by atoms with Crippen molar-refractivity contribution in [3.05, 3.63) is 24.3 Å². The van der Waals surface area contributed by atoms with Gasteiger partial charge in [-0.3, -0.25) is 14.4 Å². The van der Waals surface area contributed by atoms with Gasteiger partial charge < -0.3 is 14.2 Å². The minimum Gasteiger partial charge on any atom is -0.462 e. The highest BCUT2D eigenvalue weighted by atomic mass is 16.6. The van der Waals surface area contributed by atoms with Crippen molar-refractivity contribution in [1.82, 2.24) is 0 Å². The van der Waals surface area contributed by atoms with Crippen molar-refractivity contribution in [3.63, 3.8) is 0 Å². The Morgan fingerprint density at radius 1 is 0.274 bits per heavy atom. The number of hydrogen-bond donors (Lipinski definition) is 0. The third kappa shape index (κ3) is 60.6. The standard InChI is InChI=1S/C67H126O6/c1-4-7-10-13-16-18-20-22-24-25-26-27-28-29-30-31-32-33-34-35-36-37-38-39-40-41-42-44-45-47-49-51-54-57-60-66(69)72-63-64(62-71-65(68)59-56-53-15-12-9-6-3)73-67(70)61-58-55-52-50-48-46-43-23-21-19-17-14-11-8-5-2/h17,19,23,43,64H,4-16,18,20-22,24-42,44-63H2,1-3H3/b19-17-,43-23-. The maximum Gasteiger partial charge on any atom is 0.306 e. The van der Waals surface area contributed by atoms with Gasteiger partial charge in [0.1, 0.15) is 13.2 Å². The van der Waals surface area contributed by atoms with Crippen molar-refractivity contribution < 1.29 is 28.6 Å². The second-order valence-electron chi connectivity index (χ2n) is 22.4. The van der Waals surface area contributed by atoms with E-state index in [1.54, 1.807) is 0 Å². The van der Waals surface area contributed by atoms with E-state index in [0.717, 1.165) is 77.0 Å². The zero-order valence-electron chi connectivity index (χ0n) is 49.4. The lowest BCUT2D eigenvalue weighted by molar-refractivity contribution is -0.167. The van der Waals surface area contributed by atoms with Crippen LogP contribution in [0.25, 0.3) is 0 Å². The van der Waals surface area contributed by atoms with Crippen LogP contribution in [0.2, 0.25) is 0 Å². The highest BCUT2D eigenvalue weighted by Gasteiger charge is 2.19. The summed E-state index contributed by atoms with van der Waals surface area (Å²) in [6.07, 6.45) is 75.4. The Morgan fingerprint density at radius 2 is 0.493 bits per heavy atom. The van der Waals surface area contributed by atoms with Crippen LogP contribution in [0, 0.1) is 0 Å². The lowest BCUT2D eigenvalue weighted by Crippen LogP contribution is -2.30. The van der Waals surface area contributed by atoms with Gasteiger partial charge in [-0.05, 0) is 51.4 Å². The fourth-order valence-corrected chi connectivity index (χ4v) is 10.0. The van der Waals surface area contributed by atoms with E-state index in [0.29, 0.717) is 19.3 Å². The molecule has 1 atom stereocenters. The molecule has 0 aromatic carbocycles. The molecule has 6 heteroatoms. The number of ether oxygens (including phenoxy) is 3. The van der Waals surface area contributed by atoms with Crippen LogP contribution in [-0.4, -0.2) is 37.2 Å². The number of esters is 3. The van der Waals surface area contributed by atoms with Gasteiger partial charge in [-0.2, -0.15) is 0 Å². The largest absolute Gasteiger partial charge is 0.462 e. The zero-order valence-corrected chi connectivity index (χ0v) is 49.4. The average Bonchev–Trinajstić information content (AvgIpc) is 3.39. The number of rotatable bonds is 61. The maximum atomic E-state index is 12.8. The monoisotopic (exact) mass is 1030 g/mol. The predicted octanol–water partition coefficient (Wildman–Crippen LogP) is 22.2. The summed E-state index contributed by atoms with van der Waals surface area (Å²) < 4.78 is 16.8. The molecule has 0 N–H and O–H groups in total. The molecule has 0 aromatic heterocycles. The topological polar surface area (TPSA) is 78.9 Å². The van der Waals surface area contributed by atoms with Crippen molar-refractivity contribution in [2.45, 2.75) is 374 Å². The second kappa shape index (κ2) is 62.4. The Balaban J connectivity index is 3.87. The summed E-state index contributed by atoms with van der Waals surface area (Å²) in [6.45, 7) is 6.59. The number of unbranched alkanes of at least 4 members (excludes halogenated alkanes) is 46. The quantitative estimate of drug-likeness (QED) is 0.0261. The smallest absolute Gasteiger partial charge is 0.306 e. The minimum atomic E-state index is -0.772. The van der Waals surface area contributed by atoms with Crippen LogP contribution in [0.15, 0.2) is 24.3 Å². The van der Waals surface area contributed by atoms with Crippen LogP contribution in [0.1, 0.15) is 367 Å². The first kappa shape index (κ1) is 70.9. The maximum absolute atomic E-state index is 12.8. The first-order valence-electron chi connectivity index (χ1n) is 32.8. The molecule has 0 saturated heterocycles. The Morgan fingerprint density at radius 3 is 0.781 bits per heavy atom. The van der Waals surface area contributed by atoms with Crippen molar-refractivity contribution >= 4 is 17.9 Å². The lowest BCUT2D eigenvalue weighted by atomic mass is 10.0. The van der Waals surface area contributed by atoms with E-state index in [1.165, 1.54) is 250 Å². The molecule has 73 heavy (non-hydrogen) atoms. The summed E-state index contributed by atoms with van der Waals surface area (Å²) in [5, 5.41) is 0. The molecule has 1 unspecified atom stereocenters. The van der Waals surface area contributed by atoms with Gasteiger partial charge in [0.05, 0.1) is 0 Å². The zero-order chi connectivity index (χ0) is 52.9. The van der Waals surface area contributed by atoms with Crippen molar-refractivity contribution in [1.29, 1.82) is 0 Å². The molecule has 430 valence electrons. The molecule has 0 heterocycles. The van der Waals surface area contributed by atoms with Crippen LogP contribution in [0.4, 0.5) is 0 Å². The summed E-state index contributed by atoms with van der Waals surface area (Å²) in [5.41, 5.74) is 0.